The van der Waals surface area contributed by atoms with Crippen molar-refractivity contribution in [3.05, 3.63) is 64.9 Å². The second-order valence-corrected chi connectivity index (χ2v) is 5.42. The number of aromatic nitrogens is 1. The van der Waals surface area contributed by atoms with E-state index in [1.165, 1.54) is 6.20 Å². The van der Waals surface area contributed by atoms with Crippen molar-refractivity contribution in [3.8, 4) is 0 Å². The van der Waals surface area contributed by atoms with E-state index in [0.717, 1.165) is 5.56 Å². The molecule has 0 radical (unpaired) electrons. The third kappa shape index (κ3) is 2.80. The van der Waals surface area contributed by atoms with Crippen LogP contribution in [0.3, 0.4) is 0 Å². The van der Waals surface area contributed by atoms with Gasteiger partial charge in [-0.25, -0.2) is 0 Å². The number of nitrogens with one attached hydrogen (secondary N) is 1. The van der Waals surface area contributed by atoms with Crippen LogP contribution in [0.4, 0.5) is 0 Å². The van der Waals surface area contributed by atoms with Gasteiger partial charge in [-0.1, -0.05) is 23.7 Å². The number of amides is 2. The summed E-state index contributed by atoms with van der Waals surface area (Å²) in [6.07, 6.45) is 3.12. The predicted molar refractivity (Wildman–Crippen MR) is 82.5 cm³/mol. The minimum absolute atomic E-state index is 0.189. The van der Waals surface area contributed by atoms with Gasteiger partial charge in [-0.3, -0.25) is 14.6 Å². The number of benzene rings is 1. The Hall–Kier alpha value is -2.40. The summed E-state index contributed by atoms with van der Waals surface area (Å²) >= 11 is 5.89. The second kappa shape index (κ2) is 6.15. The normalized spacial score (nSPS) is 18.0. The highest BCUT2D eigenvalue weighted by Gasteiger charge is 2.34. The van der Waals surface area contributed by atoms with Crippen molar-refractivity contribution in [2.24, 2.45) is 0 Å². The Labute approximate surface area is 132 Å². The minimum atomic E-state index is -0.654. The number of hydrogen-bond acceptors (Lipinski definition) is 3. The molecule has 0 aliphatic carbocycles. The zero-order valence-electron chi connectivity index (χ0n) is 11.7. The van der Waals surface area contributed by atoms with Gasteiger partial charge >= 0.3 is 0 Å². The molecule has 5 nitrogen and oxygen atoms in total. The summed E-state index contributed by atoms with van der Waals surface area (Å²) in [5, 5.41) is 3.39. The van der Waals surface area contributed by atoms with E-state index in [1.807, 2.05) is 0 Å². The lowest BCUT2D eigenvalue weighted by molar-refractivity contribution is -0.128. The number of rotatable bonds is 2. The Morgan fingerprint density at radius 1 is 1.27 bits per heavy atom. The van der Waals surface area contributed by atoms with Gasteiger partial charge in [-0.05, 0) is 29.8 Å². The van der Waals surface area contributed by atoms with Crippen LogP contribution in [0.2, 0.25) is 5.02 Å². The van der Waals surface area contributed by atoms with Crippen LogP contribution in [0.15, 0.2) is 48.8 Å². The van der Waals surface area contributed by atoms with E-state index in [-0.39, 0.29) is 11.8 Å². The maximum absolute atomic E-state index is 12.7. The van der Waals surface area contributed by atoms with Crippen LogP contribution in [-0.4, -0.2) is 34.8 Å². The van der Waals surface area contributed by atoms with Gasteiger partial charge in [0.15, 0.2) is 0 Å². The van der Waals surface area contributed by atoms with Crippen LogP contribution in [0, 0.1) is 0 Å². The van der Waals surface area contributed by atoms with Crippen molar-refractivity contribution in [2.75, 3.05) is 13.1 Å². The Bertz CT molecular complexity index is 688. The third-order valence-corrected chi connectivity index (χ3v) is 3.82. The van der Waals surface area contributed by atoms with Crippen molar-refractivity contribution in [1.29, 1.82) is 0 Å². The van der Waals surface area contributed by atoms with E-state index in [2.05, 4.69) is 10.3 Å². The molecule has 1 atom stereocenters. The van der Waals surface area contributed by atoms with Crippen LogP contribution in [0.5, 0.6) is 0 Å². The van der Waals surface area contributed by atoms with Gasteiger partial charge < -0.3 is 10.2 Å². The van der Waals surface area contributed by atoms with Crippen LogP contribution < -0.4 is 5.32 Å². The lowest BCUT2D eigenvalue weighted by atomic mass is 10.0. The van der Waals surface area contributed by atoms with Crippen LogP contribution in [0.25, 0.3) is 0 Å². The molecule has 1 unspecified atom stereocenters. The van der Waals surface area contributed by atoms with Crippen molar-refractivity contribution >= 4 is 23.4 Å². The molecule has 2 aromatic rings. The van der Waals surface area contributed by atoms with E-state index < -0.39 is 6.04 Å². The molecule has 22 heavy (non-hydrogen) atoms. The van der Waals surface area contributed by atoms with Crippen LogP contribution in [-0.2, 0) is 4.79 Å². The zero-order valence-corrected chi connectivity index (χ0v) is 12.5. The highest BCUT2D eigenvalue weighted by molar-refractivity contribution is 6.30. The number of halogens is 1. The largest absolute Gasteiger partial charge is 0.352 e. The first kappa shape index (κ1) is 14.5. The zero-order chi connectivity index (χ0) is 15.5. The molecule has 2 amide bonds. The summed E-state index contributed by atoms with van der Waals surface area (Å²) in [5.74, 6) is -0.395. The first-order valence-electron chi connectivity index (χ1n) is 6.91. The standard InChI is InChI=1S/C16H14ClN3O2/c17-13-5-3-11(4-6-13)14-15(21)19-8-9-20(14)16(22)12-2-1-7-18-10-12/h1-7,10,14H,8-9H2,(H,19,21). The summed E-state index contributed by atoms with van der Waals surface area (Å²) < 4.78 is 0. The van der Waals surface area contributed by atoms with Gasteiger partial charge in [0.1, 0.15) is 6.04 Å². The molecule has 112 valence electrons. The van der Waals surface area contributed by atoms with Gasteiger partial charge in [-0.15, -0.1) is 0 Å². The minimum Gasteiger partial charge on any atom is -0.352 e. The maximum Gasteiger partial charge on any atom is 0.256 e. The van der Waals surface area contributed by atoms with Crippen LogP contribution >= 0.6 is 11.6 Å². The monoisotopic (exact) mass is 315 g/mol. The predicted octanol–water partition coefficient (Wildman–Crippen LogP) is 2.05. The highest BCUT2D eigenvalue weighted by atomic mass is 35.5. The molecular weight excluding hydrogens is 302 g/mol. The molecule has 3 rings (SSSR count). The van der Waals surface area contributed by atoms with Crippen LogP contribution in [0.1, 0.15) is 22.0 Å². The third-order valence-electron chi connectivity index (χ3n) is 3.57. The highest BCUT2D eigenvalue weighted by Crippen LogP contribution is 2.26. The topological polar surface area (TPSA) is 62.3 Å². The van der Waals surface area contributed by atoms with Crippen molar-refractivity contribution in [1.82, 2.24) is 15.2 Å². The number of carbonyl (C=O) groups is 2. The number of piperazine rings is 1. The first-order chi connectivity index (χ1) is 10.7. The molecular formula is C16H14ClN3O2. The summed E-state index contributed by atoms with van der Waals surface area (Å²) in [6.45, 7) is 0.891. The maximum atomic E-state index is 12.7. The average Bonchev–Trinajstić information content (AvgIpc) is 2.56. The molecule has 1 fully saturated rings. The summed E-state index contributed by atoms with van der Waals surface area (Å²) in [6, 6.07) is 9.70. The molecule has 1 aliphatic rings. The second-order valence-electron chi connectivity index (χ2n) is 4.99. The molecule has 0 spiro atoms. The van der Waals surface area contributed by atoms with E-state index in [0.29, 0.717) is 23.7 Å². The first-order valence-corrected chi connectivity index (χ1v) is 7.29. The van der Waals surface area contributed by atoms with E-state index >= 15 is 0 Å². The average molecular weight is 316 g/mol. The Kier molecular flexibility index (Phi) is 4.06. The summed E-state index contributed by atoms with van der Waals surface area (Å²) in [7, 11) is 0. The van der Waals surface area contributed by atoms with Crippen molar-refractivity contribution in [2.45, 2.75) is 6.04 Å². The Balaban J connectivity index is 1.95. The number of pyridine rings is 1. The lowest BCUT2D eigenvalue weighted by Gasteiger charge is -2.35. The molecule has 1 N–H and O–H groups in total. The Morgan fingerprint density at radius 2 is 2.05 bits per heavy atom. The Morgan fingerprint density at radius 3 is 2.73 bits per heavy atom. The smallest absolute Gasteiger partial charge is 0.256 e. The molecule has 1 saturated heterocycles. The molecule has 2 heterocycles. The number of hydrogen-bond donors (Lipinski definition) is 1. The molecule has 1 aromatic heterocycles. The lowest BCUT2D eigenvalue weighted by Crippen LogP contribution is -2.52. The van der Waals surface area contributed by atoms with Gasteiger partial charge in [-0.2, -0.15) is 0 Å². The summed E-state index contributed by atoms with van der Waals surface area (Å²) in [5.41, 5.74) is 1.20. The molecule has 0 bridgehead atoms. The number of carbonyl (C=O) groups excluding carboxylic acids is 2. The molecule has 6 heteroatoms. The van der Waals surface area contributed by atoms with E-state index in [1.54, 1.807) is 47.5 Å². The quantitative estimate of drug-likeness (QED) is 0.922. The fourth-order valence-corrected chi connectivity index (χ4v) is 2.64. The molecule has 1 aromatic carbocycles. The van der Waals surface area contributed by atoms with Gasteiger partial charge in [0.25, 0.3) is 5.91 Å². The fraction of sp³-hybridized carbons (Fsp3) is 0.188. The van der Waals surface area contributed by atoms with Gasteiger partial charge in [0, 0.05) is 30.5 Å². The van der Waals surface area contributed by atoms with Gasteiger partial charge in [0.05, 0.1) is 5.56 Å². The summed E-state index contributed by atoms with van der Waals surface area (Å²) in [4.78, 5) is 30.5. The molecule has 1 aliphatic heterocycles. The van der Waals surface area contributed by atoms with E-state index in [4.69, 9.17) is 11.6 Å². The van der Waals surface area contributed by atoms with E-state index in [9.17, 15) is 9.59 Å². The fourth-order valence-electron chi connectivity index (χ4n) is 2.52. The molecule has 0 saturated carbocycles. The van der Waals surface area contributed by atoms with Crippen molar-refractivity contribution in [3.63, 3.8) is 0 Å². The van der Waals surface area contributed by atoms with Crippen molar-refractivity contribution < 1.29 is 9.59 Å². The van der Waals surface area contributed by atoms with Gasteiger partial charge in [0.2, 0.25) is 5.91 Å². The number of nitrogens with zero attached hydrogens (tertiary/aromatic N) is 2. The SMILES string of the molecule is O=C1NCCN(C(=O)c2cccnc2)C1c1ccc(Cl)cc1.